The summed E-state index contributed by atoms with van der Waals surface area (Å²) in [6, 6.07) is 4.21. The highest BCUT2D eigenvalue weighted by Crippen LogP contribution is 2.22. The molecule has 6 nitrogen and oxygen atoms in total. The molecule has 0 aliphatic carbocycles. The summed E-state index contributed by atoms with van der Waals surface area (Å²) in [6.07, 6.45) is -0.950. The van der Waals surface area contributed by atoms with Crippen LogP contribution in [0.3, 0.4) is 0 Å². The largest absolute Gasteiger partial charge is 0.367 e. The molecule has 3 N–H and O–H groups in total. The fourth-order valence-electron chi connectivity index (χ4n) is 1.85. The van der Waals surface area contributed by atoms with E-state index in [-0.39, 0.29) is 5.69 Å². The average Bonchev–Trinajstić information content (AvgIpc) is 2.27. The number of nitro benzene ring substituents is 1. The zero-order valence-corrected chi connectivity index (χ0v) is 8.46. The van der Waals surface area contributed by atoms with Gasteiger partial charge in [-0.05, 0) is 17.5 Å². The molecule has 0 bridgehead atoms. The van der Waals surface area contributed by atoms with Crippen LogP contribution in [0.25, 0.3) is 0 Å². The van der Waals surface area contributed by atoms with Gasteiger partial charge in [0.1, 0.15) is 0 Å². The minimum atomic E-state index is -1.41. The van der Waals surface area contributed by atoms with Gasteiger partial charge in [-0.2, -0.15) is 0 Å². The van der Waals surface area contributed by atoms with Crippen LogP contribution in [0.2, 0.25) is 0 Å². The Morgan fingerprint density at radius 3 is 2.81 bits per heavy atom. The van der Waals surface area contributed by atoms with Crippen molar-refractivity contribution in [2.45, 2.75) is 25.3 Å². The maximum Gasteiger partial charge on any atom is 0.269 e. The van der Waals surface area contributed by atoms with E-state index in [9.17, 15) is 10.1 Å². The third kappa shape index (κ3) is 2.04. The lowest BCUT2D eigenvalue weighted by Gasteiger charge is -2.27. The van der Waals surface area contributed by atoms with E-state index in [4.69, 9.17) is 10.2 Å². The standard InChI is InChI=1S/C10H12N2O4/c13-10(14)9-4-6-1-2-8(12(15)16)3-7(6)5-11-9/h1-3,9-11,13-14H,4-5H2/t9-/m0/s1. The number of nitro groups is 1. The van der Waals surface area contributed by atoms with Crippen molar-refractivity contribution >= 4 is 5.69 Å². The van der Waals surface area contributed by atoms with Gasteiger partial charge in [0.15, 0.2) is 6.29 Å². The Hall–Kier alpha value is -1.50. The molecule has 0 saturated heterocycles. The molecule has 1 aromatic carbocycles. The maximum atomic E-state index is 10.6. The molecule has 1 heterocycles. The lowest BCUT2D eigenvalue weighted by molar-refractivity contribution is -0.384. The van der Waals surface area contributed by atoms with Gasteiger partial charge in [0.05, 0.1) is 11.0 Å². The molecular weight excluding hydrogens is 212 g/mol. The molecule has 1 aromatic rings. The van der Waals surface area contributed by atoms with Gasteiger partial charge in [-0.15, -0.1) is 0 Å². The Labute approximate surface area is 91.7 Å². The highest BCUT2D eigenvalue weighted by Gasteiger charge is 2.24. The average molecular weight is 224 g/mol. The molecule has 0 spiro atoms. The second kappa shape index (κ2) is 4.17. The second-order valence-corrected chi connectivity index (χ2v) is 3.82. The van der Waals surface area contributed by atoms with E-state index in [1.165, 1.54) is 12.1 Å². The van der Waals surface area contributed by atoms with Crippen molar-refractivity contribution < 1.29 is 15.1 Å². The van der Waals surface area contributed by atoms with E-state index in [1.807, 2.05) is 0 Å². The number of fused-ring (bicyclic) bond motifs is 1. The Balaban J connectivity index is 2.25. The quantitative estimate of drug-likeness (QED) is 0.371. The van der Waals surface area contributed by atoms with Crippen LogP contribution in [0.5, 0.6) is 0 Å². The van der Waals surface area contributed by atoms with Crippen LogP contribution in [0.1, 0.15) is 11.1 Å². The third-order valence-electron chi connectivity index (χ3n) is 2.76. The molecule has 6 heteroatoms. The maximum absolute atomic E-state index is 10.6. The van der Waals surface area contributed by atoms with E-state index < -0.39 is 17.3 Å². The van der Waals surface area contributed by atoms with Crippen molar-refractivity contribution in [2.24, 2.45) is 0 Å². The molecule has 0 radical (unpaired) electrons. The van der Waals surface area contributed by atoms with Gasteiger partial charge in [-0.25, -0.2) is 0 Å². The molecule has 16 heavy (non-hydrogen) atoms. The van der Waals surface area contributed by atoms with Crippen molar-refractivity contribution in [1.29, 1.82) is 0 Å². The molecule has 2 rings (SSSR count). The Bertz CT molecular complexity index is 419. The van der Waals surface area contributed by atoms with E-state index in [1.54, 1.807) is 6.07 Å². The number of non-ortho nitro benzene ring substituents is 1. The van der Waals surface area contributed by atoms with Gasteiger partial charge in [-0.1, -0.05) is 6.07 Å². The summed E-state index contributed by atoms with van der Waals surface area (Å²) in [5.41, 5.74) is 1.82. The SMILES string of the molecule is O=[N+]([O-])c1ccc2c(c1)CN[C@H](C(O)O)C2. The van der Waals surface area contributed by atoms with Crippen molar-refractivity contribution in [3.8, 4) is 0 Å². The first kappa shape index (κ1) is 11.0. The first-order chi connectivity index (χ1) is 7.58. The first-order valence-electron chi connectivity index (χ1n) is 4.93. The molecule has 0 fully saturated rings. The van der Waals surface area contributed by atoms with Gasteiger partial charge in [0, 0.05) is 18.7 Å². The van der Waals surface area contributed by atoms with Gasteiger partial charge < -0.3 is 15.5 Å². The van der Waals surface area contributed by atoms with Crippen LogP contribution < -0.4 is 5.32 Å². The number of benzene rings is 1. The molecular formula is C10H12N2O4. The molecule has 0 unspecified atom stereocenters. The van der Waals surface area contributed by atoms with E-state index in [0.717, 1.165) is 11.1 Å². The summed E-state index contributed by atoms with van der Waals surface area (Å²) in [7, 11) is 0. The molecule has 86 valence electrons. The number of nitrogens with one attached hydrogen (secondary N) is 1. The zero-order valence-electron chi connectivity index (χ0n) is 8.46. The Morgan fingerprint density at radius 2 is 2.19 bits per heavy atom. The highest BCUT2D eigenvalue weighted by molar-refractivity contribution is 5.41. The summed E-state index contributed by atoms with van der Waals surface area (Å²) < 4.78 is 0. The molecule has 0 amide bonds. The van der Waals surface area contributed by atoms with Gasteiger partial charge in [-0.3, -0.25) is 10.1 Å². The van der Waals surface area contributed by atoms with Crippen LogP contribution in [-0.4, -0.2) is 27.5 Å². The first-order valence-corrected chi connectivity index (χ1v) is 4.93. The summed E-state index contributed by atoms with van der Waals surface area (Å²) in [5.74, 6) is 0. The lowest BCUT2D eigenvalue weighted by atomic mass is 9.95. The molecule has 0 aromatic heterocycles. The lowest BCUT2D eigenvalue weighted by Crippen LogP contribution is -2.44. The van der Waals surface area contributed by atoms with Crippen molar-refractivity contribution in [3.05, 3.63) is 39.4 Å². The fourth-order valence-corrected chi connectivity index (χ4v) is 1.85. The number of hydrogen-bond acceptors (Lipinski definition) is 5. The predicted octanol–water partition coefficient (Wildman–Crippen LogP) is -0.0802. The van der Waals surface area contributed by atoms with E-state index in [0.29, 0.717) is 13.0 Å². The van der Waals surface area contributed by atoms with E-state index >= 15 is 0 Å². The highest BCUT2D eigenvalue weighted by atomic mass is 16.6. The Morgan fingerprint density at radius 1 is 1.44 bits per heavy atom. The number of nitrogens with zero attached hydrogens (tertiary/aromatic N) is 1. The smallest absolute Gasteiger partial charge is 0.269 e. The van der Waals surface area contributed by atoms with Gasteiger partial charge >= 0.3 is 0 Å². The van der Waals surface area contributed by atoms with Crippen molar-refractivity contribution in [3.63, 3.8) is 0 Å². The normalized spacial score (nSPS) is 19.6. The van der Waals surface area contributed by atoms with Crippen LogP contribution >= 0.6 is 0 Å². The minimum Gasteiger partial charge on any atom is -0.367 e. The van der Waals surface area contributed by atoms with Gasteiger partial charge in [0.25, 0.3) is 5.69 Å². The summed E-state index contributed by atoms with van der Waals surface area (Å²) in [4.78, 5) is 10.1. The van der Waals surface area contributed by atoms with Crippen LogP contribution in [0.15, 0.2) is 18.2 Å². The zero-order chi connectivity index (χ0) is 11.7. The van der Waals surface area contributed by atoms with Crippen LogP contribution in [-0.2, 0) is 13.0 Å². The minimum absolute atomic E-state index is 0.0588. The summed E-state index contributed by atoms with van der Waals surface area (Å²) in [6.45, 7) is 0.416. The Kier molecular flexibility index (Phi) is 2.86. The predicted molar refractivity (Wildman–Crippen MR) is 55.7 cm³/mol. The molecule has 0 saturated carbocycles. The number of aliphatic hydroxyl groups is 2. The fraction of sp³-hybridized carbons (Fsp3) is 0.400. The topological polar surface area (TPSA) is 95.6 Å². The number of hydrogen-bond donors (Lipinski definition) is 3. The number of aliphatic hydroxyl groups excluding tert-OH is 1. The van der Waals surface area contributed by atoms with E-state index in [2.05, 4.69) is 5.32 Å². The third-order valence-corrected chi connectivity index (χ3v) is 2.76. The van der Waals surface area contributed by atoms with Crippen molar-refractivity contribution in [1.82, 2.24) is 5.32 Å². The van der Waals surface area contributed by atoms with Crippen molar-refractivity contribution in [2.75, 3.05) is 0 Å². The van der Waals surface area contributed by atoms with Gasteiger partial charge in [0.2, 0.25) is 0 Å². The van der Waals surface area contributed by atoms with Crippen LogP contribution in [0, 0.1) is 10.1 Å². The number of rotatable bonds is 2. The molecule has 1 atom stereocenters. The molecule has 1 aliphatic rings. The van der Waals surface area contributed by atoms with Crippen LogP contribution in [0.4, 0.5) is 5.69 Å². The monoisotopic (exact) mass is 224 g/mol. The summed E-state index contributed by atoms with van der Waals surface area (Å²) >= 11 is 0. The molecule has 1 aliphatic heterocycles. The summed E-state index contributed by atoms with van der Waals surface area (Å²) in [5, 5.41) is 31.5. The second-order valence-electron chi connectivity index (χ2n) is 3.82.